The molecule has 1 saturated heterocycles. The minimum absolute atomic E-state index is 0.754. The first-order valence-corrected chi connectivity index (χ1v) is 5.68. The molecule has 1 heterocycles. The van der Waals surface area contributed by atoms with E-state index < -0.39 is 0 Å². The third-order valence-electron chi connectivity index (χ3n) is 3.21. The molecule has 1 aliphatic rings. The first kappa shape index (κ1) is 12.0. The average Bonchev–Trinajstić information content (AvgIpc) is 2.47. The lowest BCUT2D eigenvalue weighted by atomic mass is 10.1. The van der Waals surface area contributed by atoms with E-state index in [0.717, 1.165) is 18.5 Å². The molecule has 84 valence electrons. The van der Waals surface area contributed by atoms with Crippen LogP contribution in [0, 0.1) is 5.92 Å². The molecule has 0 aromatic heterocycles. The maximum Gasteiger partial charge on any atom is 0.0254 e. The van der Waals surface area contributed by atoms with Crippen molar-refractivity contribution in [2.24, 2.45) is 5.92 Å². The molecule has 0 aliphatic carbocycles. The highest BCUT2D eigenvalue weighted by Crippen LogP contribution is 2.19. The molecule has 0 saturated carbocycles. The molecule has 2 unspecified atom stereocenters. The highest BCUT2D eigenvalue weighted by molar-refractivity contribution is 4.86. The summed E-state index contributed by atoms with van der Waals surface area (Å²) in [5, 5.41) is 3.20. The Bertz CT molecular complexity index is 159. The minimum atomic E-state index is 0.754. The van der Waals surface area contributed by atoms with Crippen LogP contribution in [-0.2, 0) is 0 Å². The van der Waals surface area contributed by atoms with E-state index in [1.807, 2.05) is 7.05 Å². The van der Waals surface area contributed by atoms with Gasteiger partial charge in [0.2, 0.25) is 0 Å². The summed E-state index contributed by atoms with van der Waals surface area (Å²) in [4.78, 5) is 4.95. The maximum atomic E-state index is 3.20. The quantitative estimate of drug-likeness (QED) is 0.650. The van der Waals surface area contributed by atoms with Gasteiger partial charge < -0.3 is 15.1 Å². The first-order valence-electron chi connectivity index (χ1n) is 5.68. The Hall–Kier alpha value is -0.120. The van der Waals surface area contributed by atoms with Crippen LogP contribution >= 0.6 is 0 Å². The molecule has 0 bridgehead atoms. The maximum absolute atomic E-state index is 3.20. The summed E-state index contributed by atoms with van der Waals surface area (Å²) in [6, 6.07) is 0.754. The summed E-state index contributed by atoms with van der Waals surface area (Å²) >= 11 is 0. The molecule has 2 atom stereocenters. The van der Waals surface area contributed by atoms with Crippen molar-refractivity contribution in [1.82, 2.24) is 15.1 Å². The standard InChI is InChI=1S/C11H25N3/c1-10-8-14(7-5-6-12-2)9-11(10)13(3)4/h10-12H,5-9H2,1-4H3. The van der Waals surface area contributed by atoms with Crippen LogP contribution in [0.1, 0.15) is 13.3 Å². The van der Waals surface area contributed by atoms with Gasteiger partial charge in [0.25, 0.3) is 0 Å². The Kier molecular flexibility index (Phi) is 4.85. The third-order valence-corrected chi connectivity index (χ3v) is 3.21. The van der Waals surface area contributed by atoms with E-state index in [1.165, 1.54) is 26.1 Å². The molecule has 1 rings (SSSR count). The number of hydrogen-bond donors (Lipinski definition) is 1. The van der Waals surface area contributed by atoms with Crippen LogP contribution in [0.25, 0.3) is 0 Å². The largest absolute Gasteiger partial charge is 0.320 e. The number of nitrogens with one attached hydrogen (secondary N) is 1. The molecular weight excluding hydrogens is 174 g/mol. The van der Waals surface area contributed by atoms with Crippen molar-refractivity contribution in [3.63, 3.8) is 0 Å². The van der Waals surface area contributed by atoms with Crippen LogP contribution in [0.3, 0.4) is 0 Å². The number of rotatable bonds is 5. The van der Waals surface area contributed by atoms with Crippen molar-refractivity contribution in [2.45, 2.75) is 19.4 Å². The molecule has 0 aromatic rings. The lowest BCUT2D eigenvalue weighted by Crippen LogP contribution is -2.34. The number of likely N-dealkylation sites (N-methyl/N-ethyl adjacent to an activating group) is 1. The number of hydrogen-bond acceptors (Lipinski definition) is 3. The Morgan fingerprint density at radius 1 is 1.36 bits per heavy atom. The van der Waals surface area contributed by atoms with Crippen LogP contribution in [0.4, 0.5) is 0 Å². The van der Waals surface area contributed by atoms with Gasteiger partial charge in [-0.25, -0.2) is 0 Å². The van der Waals surface area contributed by atoms with Crippen LogP contribution < -0.4 is 5.32 Å². The van der Waals surface area contributed by atoms with E-state index in [2.05, 4.69) is 36.1 Å². The molecule has 0 radical (unpaired) electrons. The molecule has 3 heteroatoms. The summed E-state index contributed by atoms with van der Waals surface area (Å²) in [7, 11) is 6.41. The van der Waals surface area contributed by atoms with E-state index in [4.69, 9.17) is 0 Å². The molecule has 0 aromatic carbocycles. The third kappa shape index (κ3) is 3.23. The molecule has 14 heavy (non-hydrogen) atoms. The second-order valence-corrected chi connectivity index (χ2v) is 4.72. The highest BCUT2D eigenvalue weighted by Gasteiger charge is 2.30. The molecular formula is C11H25N3. The Labute approximate surface area is 88.5 Å². The monoisotopic (exact) mass is 199 g/mol. The van der Waals surface area contributed by atoms with E-state index >= 15 is 0 Å². The van der Waals surface area contributed by atoms with Crippen LogP contribution in [-0.4, -0.2) is 63.2 Å². The average molecular weight is 199 g/mol. The van der Waals surface area contributed by atoms with Gasteiger partial charge in [0.1, 0.15) is 0 Å². The molecule has 0 spiro atoms. The predicted octanol–water partition coefficient (Wildman–Crippen LogP) is 0.478. The second kappa shape index (κ2) is 5.69. The minimum Gasteiger partial charge on any atom is -0.320 e. The van der Waals surface area contributed by atoms with Gasteiger partial charge in [-0.3, -0.25) is 0 Å². The van der Waals surface area contributed by atoms with E-state index in [-0.39, 0.29) is 0 Å². The highest BCUT2D eigenvalue weighted by atomic mass is 15.2. The summed E-state index contributed by atoms with van der Waals surface area (Å²) in [6.07, 6.45) is 1.27. The zero-order valence-corrected chi connectivity index (χ0v) is 10.1. The normalized spacial score (nSPS) is 28.9. The van der Waals surface area contributed by atoms with Gasteiger partial charge in [-0.1, -0.05) is 6.92 Å². The van der Waals surface area contributed by atoms with Crippen molar-refractivity contribution in [3.8, 4) is 0 Å². The summed E-state index contributed by atoms with van der Waals surface area (Å²) in [6.45, 7) is 7.26. The van der Waals surface area contributed by atoms with Gasteiger partial charge in [-0.05, 0) is 46.6 Å². The Morgan fingerprint density at radius 3 is 2.57 bits per heavy atom. The van der Waals surface area contributed by atoms with E-state index in [9.17, 15) is 0 Å². The lowest BCUT2D eigenvalue weighted by Gasteiger charge is -2.22. The number of likely N-dealkylation sites (tertiary alicyclic amines) is 1. The lowest BCUT2D eigenvalue weighted by molar-refractivity contribution is 0.251. The van der Waals surface area contributed by atoms with Gasteiger partial charge in [0.15, 0.2) is 0 Å². The van der Waals surface area contributed by atoms with Gasteiger partial charge in [-0.2, -0.15) is 0 Å². The molecule has 0 amide bonds. The van der Waals surface area contributed by atoms with Gasteiger partial charge in [-0.15, -0.1) is 0 Å². The van der Waals surface area contributed by atoms with Gasteiger partial charge >= 0.3 is 0 Å². The predicted molar refractivity (Wildman–Crippen MR) is 61.6 cm³/mol. The van der Waals surface area contributed by atoms with E-state index in [1.54, 1.807) is 0 Å². The topological polar surface area (TPSA) is 18.5 Å². The van der Waals surface area contributed by atoms with Crippen LogP contribution in [0.2, 0.25) is 0 Å². The summed E-state index contributed by atoms with van der Waals surface area (Å²) in [5.41, 5.74) is 0. The Balaban J connectivity index is 2.24. The van der Waals surface area contributed by atoms with E-state index in [0.29, 0.717) is 0 Å². The van der Waals surface area contributed by atoms with Crippen molar-refractivity contribution < 1.29 is 0 Å². The fraction of sp³-hybridized carbons (Fsp3) is 1.00. The number of nitrogens with zero attached hydrogens (tertiary/aromatic N) is 2. The van der Waals surface area contributed by atoms with Gasteiger partial charge in [0, 0.05) is 19.1 Å². The fourth-order valence-electron chi connectivity index (χ4n) is 2.38. The first-order chi connectivity index (χ1) is 6.65. The summed E-state index contributed by atoms with van der Waals surface area (Å²) in [5.74, 6) is 0.819. The second-order valence-electron chi connectivity index (χ2n) is 4.72. The molecule has 1 aliphatic heterocycles. The molecule has 1 fully saturated rings. The van der Waals surface area contributed by atoms with Crippen molar-refractivity contribution in [1.29, 1.82) is 0 Å². The van der Waals surface area contributed by atoms with Crippen LogP contribution in [0.15, 0.2) is 0 Å². The zero-order valence-electron chi connectivity index (χ0n) is 10.1. The van der Waals surface area contributed by atoms with Crippen LogP contribution in [0.5, 0.6) is 0 Å². The molecule has 3 nitrogen and oxygen atoms in total. The van der Waals surface area contributed by atoms with Crippen molar-refractivity contribution >= 4 is 0 Å². The SMILES string of the molecule is CNCCCN1CC(C)C(N(C)C)C1. The smallest absolute Gasteiger partial charge is 0.0254 e. The van der Waals surface area contributed by atoms with Crippen molar-refractivity contribution in [3.05, 3.63) is 0 Å². The fourth-order valence-corrected chi connectivity index (χ4v) is 2.38. The Morgan fingerprint density at radius 2 is 2.07 bits per heavy atom. The molecule has 1 N–H and O–H groups in total. The van der Waals surface area contributed by atoms with Gasteiger partial charge in [0.05, 0.1) is 0 Å². The summed E-state index contributed by atoms with van der Waals surface area (Å²) < 4.78 is 0. The van der Waals surface area contributed by atoms with Crippen molar-refractivity contribution in [2.75, 3.05) is 47.3 Å². The zero-order chi connectivity index (χ0) is 10.6.